The lowest BCUT2D eigenvalue weighted by Crippen LogP contribution is -2.29. The maximum Gasteiger partial charge on any atom is 0.166 e. The average molecular weight is 1030 g/mol. The van der Waals surface area contributed by atoms with Crippen molar-refractivity contribution in [3.05, 3.63) is 221 Å². The summed E-state index contributed by atoms with van der Waals surface area (Å²) in [6, 6.07) is 70.2. The van der Waals surface area contributed by atoms with Gasteiger partial charge >= 0.3 is 0 Å². The number of rotatable bonds is 3. The summed E-state index contributed by atoms with van der Waals surface area (Å²) in [5.74, 6) is 1.80. The van der Waals surface area contributed by atoms with Gasteiger partial charge in [-0.15, -0.1) is 0 Å². The molecule has 0 aliphatic carbocycles. The van der Waals surface area contributed by atoms with Gasteiger partial charge in [0.25, 0.3) is 0 Å². The molecule has 5 heteroatoms. The van der Waals surface area contributed by atoms with Gasteiger partial charge in [-0.25, -0.2) is 15.0 Å². The van der Waals surface area contributed by atoms with E-state index in [4.69, 9.17) is 15.0 Å². The van der Waals surface area contributed by atoms with Crippen LogP contribution in [-0.2, 0) is 21.7 Å². The van der Waals surface area contributed by atoms with E-state index in [0.717, 1.165) is 78.8 Å². The molecule has 12 aromatic rings. The van der Waals surface area contributed by atoms with Crippen molar-refractivity contribution in [1.82, 2.24) is 24.1 Å². The van der Waals surface area contributed by atoms with Crippen LogP contribution in [0, 0.1) is 13.8 Å². The van der Waals surface area contributed by atoms with Gasteiger partial charge in [-0.3, -0.25) is 0 Å². The maximum absolute atomic E-state index is 5.81. The Bertz CT molecular complexity index is 4170. The van der Waals surface area contributed by atoms with E-state index >= 15 is 0 Å². The molecule has 0 N–H and O–H groups in total. The smallest absolute Gasteiger partial charge is 0.166 e. The Labute approximate surface area is 465 Å². The number of benzene rings is 9. The molecular weight excluding hydrogens is 959 g/mol. The molecule has 0 spiro atoms. The highest BCUT2D eigenvalue weighted by atomic mass is 15.1. The van der Waals surface area contributed by atoms with Crippen molar-refractivity contribution in [2.24, 2.45) is 0 Å². The fourth-order valence-corrected chi connectivity index (χ4v) is 13.1. The van der Waals surface area contributed by atoms with Gasteiger partial charge in [0.05, 0.1) is 33.4 Å². The minimum atomic E-state index is -0.211. The van der Waals surface area contributed by atoms with Gasteiger partial charge in [0.1, 0.15) is 0 Å². The van der Waals surface area contributed by atoms with Crippen molar-refractivity contribution in [3.8, 4) is 67.8 Å². The van der Waals surface area contributed by atoms with Gasteiger partial charge in [-0.1, -0.05) is 197 Å². The van der Waals surface area contributed by atoms with Crippen LogP contribution in [0.15, 0.2) is 188 Å². The second-order valence-corrected chi connectivity index (χ2v) is 25.7. The summed E-state index contributed by atoms with van der Waals surface area (Å²) in [5, 5.41) is 4.91. The van der Waals surface area contributed by atoms with Crippen molar-refractivity contribution in [1.29, 1.82) is 0 Å². The van der Waals surface area contributed by atoms with E-state index in [0.29, 0.717) is 17.5 Å². The summed E-state index contributed by atoms with van der Waals surface area (Å²) in [5.41, 5.74) is 20.9. The minimum Gasteiger partial charge on any atom is -0.308 e. The molecule has 0 amide bonds. The van der Waals surface area contributed by atoms with Gasteiger partial charge in [-0.2, -0.15) is 0 Å². The van der Waals surface area contributed by atoms with E-state index in [1.807, 2.05) is 0 Å². The van der Waals surface area contributed by atoms with E-state index in [-0.39, 0.29) is 21.7 Å². The standard InChI is InChI=1S/C74H69N5/c1-45-22-16-18-26-52(45)54-28-20-30-56-66(54)78-62-36-32-48(71(3,4)5)40-58(62)60-42-50(34-38-64(60)78)73(9,10)44-74(11,12)51-35-39-65-61(43-51)59-41-49(72(6,7)8)33-37-63(59)79(65)67-55(53-27-19-17-23-46(53)2)29-21-31-57(67)70-76-68(75-69(56)77-70)47-24-14-13-15-25-47/h13-43H,44H2,1-12H3. The number of fused-ring (bicyclic) bond motifs is 3. The SMILES string of the molecule is Cc1ccccc1-c1cccc2c1-n1c3ccc(C(C)(C)C)cc3c3cc(ccc31)C(C)(C)CC(C)(C)c1ccc3c(c1)c1cc(C(C)(C)C)ccc1n3-c1c(cccc1-c1ccccc1C)-c1nc(-c3ccccc3)nc-2n1. The highest BCUT2D eigenvalue weighted by Crippen LogP contribution is 2.49. The molecule has 3 aliphatic rings. The van der Waals surface area contributed by atoms with E-state index < -0.39 is 0 Å². The topological polar surface area (TPSA) is 48.5 Å². The van der Waals surface area contributed by atoms with Crippen LogP contribution < -0.4 is 0 Å². The number of hydrogen-bond donors (Lipinski definition) is 0. The molecule has 0 saturated heterocycles. The second-order valence-electron chi connectivity index (χ2n) is 25.7. The van der Waals surface area contributed by atoms with Crippen LogP contribution >= 0.6 is 0 Å². The maximum atomic E-state index is 5.81. The summed E-state index contributed by atoms with van der Waals surface area (Å²) in [4.78, 5) is 17.0. The monoisotopic (exact) mass is 1030 g/mol. The number of nitrogens with zero attached hydrogens (tertiary/aromatic N) is 5. The lowest BCUT2D eigenvalue weighted by molar-refractivity contribution is 0.349. The van der Waals surface area contributed by atoms with Gasteiger partial charge in [0.2, 0.25) is 0 Å². The Balaban J connectivity index is 1.24. The number of para-hydroxylation sites is 2. The Morgan fingerprint density at radius 2 is 0.709 bits per heavy atom. The van der Waals surface area contributed by atoms with Crippen molar-refractivity contribution in [2.75, 3.05) is 0 Å². The van der Waals surface area contributed by atoms with Crippen molar-refractivity contribution in [2.45, 2.75) is 111 Å². The molecule has 5 nitrogen and oxygen atoms in total. The van der Waals surface area contributed by atoms with Crippen molar-refractivity contribution >= 4 is 43.6 Å². The van der Waals surface area contributed by atoms with Gasteiger partial charge in [0, 0.05) is 49.4 Å². The molecule has 3 aromatic heterocycles. The van der Waals surface area contributed by atoms with Gasteiger partial charge < -0.3 is 9.13 Å². The molecule has 0 unspecified atom stereocenters. The lowest BCUT2D eigenvalue weighted by atomic mass is 9.68. The minimum absolute atomic E-state index is 0.0662. The first-order valence-corrected chi connectivity index (χ1v) is 28.1. The zero-order chi connectivity index (χ0) is 54.9. The van der Waals surface area contributed by atoms with E-state index in [1.165, 1.54) is 54.9 Å². The molecule has 0 fully saturated rings. The fraction of sp³-hybridized carbons (Fsp3) is 0.230. The Morgan fingerprint density at radius 3 is 1.13 bits per heavy atom. The van der Waals surface area contributed by atoms with Crippen LogP contribution in [-0.4, -0.2) is 24.1 Å². The second kappa shape index (κ2) is 18.1. The molecular formula is C74H69N5. The van der Waals surface area contributed by atoms with Crippen LogP contribution in [0.3, 0.4) is 0 Å². The van der Waals surface area contributed by atoms with Crippen LogP contribution in [0.1, 0.15) is 109 Å². The molecule has 10 bridgehead atoms. The quantitative estimate of drug-likeness (QED) is 0.177. The molecule has 3 aliphatic heterocycles. The largest absolute Gasteiger partial charge is 0.308 e. The number of aromatic nitrogens is 5. The fourth-order valence-electron chi connectivity index (χ4n) is 13.1. The zero-order valence-corrected chi connectivity index (χ0v) is 47.8. The first kappa shape index (κ1) is 50.1. The predicted molar refractivity (Wildman–Crippen MR) is 333 cm³/mol. The van der Waals surface area contributed by atoms with Crippen LogP contribution in [0.25, 0.3) is 111 Å². The Hall–Kier alpha value is -8.41. The van der Waals surface area contributed by atoms with Crippen molar-refractivity contribution < 1.29 is 0 Å². The third kappa shape index (κ3) is 8.31. The van der Waals surface area contributed by atoms with Crippen LogP contribution in [0.2, 0.25) is 0 Å². The summed E-state index contributed by atoms with van der Waals surface area (Å²) in [6.07, 6.45) is 0.927. The number of hydrogen-bond acceptors (Lipinski definition) is 3. The molecule has 79 heavy (non-hydrogen) atoms. The third-order valence-electron chi connectivity index (χ3n) is 17.2. The van der Waals surface area contributed by atoms with Crippen LogP contribution in [0.5, 0.6) is 0 Å². The molecule has 0 atom stereocenters. The first-order chi connectivity index (χ1) is 37.7. The Kier molecular flexibility index (Phi) is 11.5. The van der Waals surface area contributed by atoms with E-state index in [1.54, 1.807) is 0 Å². The third-order valence-corrected chi connectivity index (χ3v) is 17.2. The highest BCUT2D eigenvalue weighted by Gasteiger charge is 2.34. The molecule has 6 heterocycles. The van der Waals surface area contributed by atoms with Gasteiger partial charge in [0.15, 0.2) is 17.5 Å². The summed E-state index contributed by atoms with van der Waals surface area (Å²) >= 11 is 0. The predicted octanol–water partition coefficient (Wildman–Crippen LogP) is 19.6. The highest BCUT2D eigenvalue weighted by molar-refractivity contribution is 6.13. The normalized spacial score (nSPS) is 14.2. The first-order valence-electron chi connectivity index (χ1n) is 28.1. The average Bonchev–Trinajstić information content (AvgIpc) is 4.09. The molecule has 0 radical (unpaired) electrons. The Morgan fingerprint density at radius 1 is 0.354 bits per heavy atom. The summed E-state index contributed by atoms with van der Waals surface area (Å²) in [7, 11) is 0. The molecule has 0 saturated carbocycles. The van der Waals surface area contributed by atoms with E-state index in [2.05, 4.69) is 280 Å². The van der Waals surface area contributed by atoms with Gasteiger partial charge in [-0.05, 0) is 147 Å². The van der Waals surface area contributed by atoms with E-state index in [9.17, 15) is 0 Å². The number of aryl methyl sites for hydroxylation is 2. The molecule has 390 valence electrons. The van der Waals surface area contributed by atoms with Crippen LogP contribution in [0.4, 0.5) is 0 Å². The molecule has 9 aromatic carbocycles. The summed E-state index contributed by atoms with van der Waals surface area (Å²) < 4.78 is 5.03. The molecule has 15 rings (SSSR count). The van der Waals surface area contributed by atoms with Crippen molar-refractivity contribution in [3.63, 3.8) is 0 Å². The lowest BCUT2D eigenvalue weighted by Gasteiger charge is -2.36. The zero-order valence-electron chi connectivity index (χ0n) is 47.8. The summed E-state index contributed by atoms with van der Waals surface area (Å²) in [6.45, 7) is 28.1.